The van der Waals surface area contributed by atoms with Crippen molar-refractivity contribution in [2.24, 2.45) is 0 Å². The molecule has 0 saturated heterocycles. The molecule has 10 heteroatoms. The minimum atomic E-state index is -0.521. The van der Waals surface area contributed by atoms with E-state index in [1.54, 1.807) is 6.20 Å². The van der Waals surface area contributed by atoms with Crippen molar-refractivity contribution in [3.8, 4) is 11.5 Å². The number of hydrogen-bond acceptors (Lipinski definition) is 8. The van der Waals surface area contributed by atoms with Crippen molar-refractivity contribution in [3.63, 3.8) is 0 Å². The summed E-state index contributed by atoms with van der Waals surface area (Å²) in [6, 6.07) is 19.7. The number of H-pyrrole nitrogens is 1. The molecule has 5 aromatic rings. The molecule has 0 spiro atoms. The lowest BCUT2D eigenvalue weighted by Gasteiger charge is -2.32. The van der Waals surface area contributed by atoms with E-state index in [-0.39, 0.29) is 11.6 Å². The van der Waals surface area contributed by atoms with Gasteiger partial charge in [-0.15, -0.1) is 5.10 Å². The number of tetrazole rings is 1. The minimum Gasteiger partial charge on any atom is -0.486 e. The van der Waals surface area contributed by atoms with Crippen LogP contribution in [0.3, 0.4) is 0 Å². The van der Waals surface area contributed by atoms with E-state index >= 15 is 0 Å². The highest BCUT2D eigenvalue weighted by Crippen LogP contribution is 2.37. The van der Waals surface area contributed by atoms with Crippen LogP contribution in [0.1, 0.15) is 60.3 Å². The van der Waals surface area contributed by atoms with E-state index in [0.717, 1.165) is 42.2 Å². The van der Waals surface area contributed by atoms with E-state index in [0.29, 0.717) is 54.7 Å². The average molecular weight is 550 g/mol. The average Bonchev–Trinajstić information content (AvgIpc) is 3.70. The molecular formula is C31H31N7O3. The number of aromatic amines is 1. The van der Waals surface area contributed by atoms with Gasteiger partial charge in [-0.2, -0.15) is 0 Å². The Bertz CT molecular complexity index is 1660. The lowest BCUT2D eigenvalue weighted by Crippen LogP contribution is -2.35. The Labute approximate surface area is 236 Å². The molecule has 10 nitrogen and oxygen atoms in total. The molecule has 0 amide bonds. The highest BCUT2D eigenvalue weighted by molar-refractivity contribution is 5.83. The molecule has 1 aliphatic carbocycles. The third kappa shape index (κ3) is 5.18. The Morgan fingerprint density at radius 1 is 0.951 bits per heavy atom. The summed E-state index contributed by atoms with van der Waals surface area (Å²) in [5.41, 5.74) is 3.23. The number of nitrogens with zero attached hydrogens (tertiary/aromatic N) is 6. The number of rotatable bonds is 8. The fraction of sp³-hybridized carbons (Fsp3) is 0.323. The van der Waals surface area contributed by atoms with E-state index < -0.39 is 6.04 Å². The Balaban J connectivity index is 1.40. The van der Waals surface area contributed by atoms with Crippen LogP contribution >= 0.6 is 0 Å². The zero-order chi connectivity index (χ0) is 27.6. The Morgan fingerprint density at radius 3 is 2.49 bits per heavy atom. The number of aromatic nitrogens is 6. The van der Waals surface area contributed by atoms with E-state index in [4.69, 9.17) is 9.47 Å². The lowest BCUT2D eigenvalue weighted by molar-refractivity contribution is 0.172. The van der Waals surface area contributed by atoms with Crippen LogP contribution in [0.15, 0.2) is 77.9 Å². The molecule has 0 bridgehead atoms. The maximum absolute atomic E-state index is 13.9. The smallest absolute Gasteiger partial charge is 0.253 e. The van der Waals surface area contributed by atoms with Gasteiger partial charge in [-0.25, -0.2) is 4.68 Å². The second-order valence-electron chi connectivity index (χ2n) is 10.7. The zero-order valence-electron chi connectivity index (χ0n) is 22.6. The van der Waals surface area contributed by atoms with Gasteiger partial charge in [0.05, 0.1) is 11.6 Å². The molecule has 2 aliphatic rings. The molecule has 3 aromatic heterocycles. The maximum atomic E-state index is 13.9. The monoisotopic (exact) mass is 549 g/mol. The van der Waals surface area contributed by atoms with Crippen LogP contribution < -0.4 is 15.0 Å². The van der Waals surface area contributed by atoms with Gasteiger partial charge in [0.15, 0.2) is 17.3 Å². The standard InChI is InChI=1S/C31H31N7O3/c39-31-25(15-23-16-27-28(17-26(23)33-31)41-14-13-40-27)29(30-34-35-36-38(30)24-10-4-5-11-24)37(19-21-7-2-1-3-8-21)20-22-9-6-12-32-18-22/h1-3,6-9,12,15-18,24,29H,4-5,10-11,13-14,19-20H2,(H,33,39). The molecule has 0 radical (unpaired) electrons. The van der Waals surface area contributed by atoms with Gasteiger partial charge in [0, 0.05) is 42.5 Å². The van der Waals surface area contributed by atoms with Gasteiger partial charge in [0.25, 0.3) is 5.56 Å². The SMILES string of the molecule is O=c1[nH]c2cc3c(cc2cc1C(c1nnnn1C1CCCC1)N(Cc1ccccc1)Cc1cccnc1)OCCO3. The number of hydrogen-bond donors (Lipinski definition) is 1. The molecule has 41 heavy (non-hydrogen) atoms. The molecule has 4 heterocycles. The fourth-order valence-corrected chi connectivity index (χ4v) is 6.03. The van der Waals surface area contributed by atoms with Crippen molar-refractivity contribution in [3.05, 3.63) is 106 Å². The molecule has 1 aliphatic heterocycles. The van der Waals surface area contributed by atoms with Crippen molar-refractivity contribution in [2.45, 2.75) is 50.9 Å². The first-order valence-corrected chi connectivity index (χ1v) is 14.1. The summed E-state index contributed by atoms with van der Waals surface area (Å²) in [7, 11) is 0. The van der Waals surface area contributed by atoms with Crippen molar-refractivity contribution >= 4 is 10.9 Å². The number of benzene rings is 2. The third-order valence-electron chi connectivity index (χ3n) is 7.97. The largest absolute Gasteiger partial charge is 0.486 e. The van der Waals surface area contributed by atoms with E-state index in [1.807, 2.05) is 53.3 Å². The predicted molar refractivity (Wildman–Crippen MR) is 153 cm³/mol. The minimum absolute atomic E-state index is 0.190. The van der Waals surface area contributed by atoms with E-state index in [1.165, 1.54) is 0 Å². The van der Waals surface area contributed by atoms with Crippen LogP contribution in [0.2, 0.25) is 0 Å². The third-order valence-corrected chi connectivity index (χ3v) is 7.97. The lowest BCUT2D eigenvalue weighted by atomic mass is 10.0. The Kier molecular flexibility index (Phi) is 6.90. The molecular weight excluding hydrogens is 518 g/mol. The van der Waals surface area contributed by atoms with Crippen molar-refractivity contribution < 1.29 is 9.47 Å². The van der Waals surface area contributed by atoms with Crippen molar-refractivity contribution in [1.82, 2.24) is 35.1 Å². The molecule has 1 N–H and O–H groups in total. The molecule has 1 saturated carbocycles. The second-order valence-corrected chi connectivity index (χ2v) is 10.7. The number of nitrogens with one attached hydrogen (secondary N) is 1. The normalized spacial score (nSPS) is 15.9. The molecule has 2 aromatic carbocycles. The first-order valence-electron chi connectivity index (χ1n) is 14.1. The summed E-state index contributed by atoms with van der Waals surface area (Å²) in [6.45, 7) is 2.10. The summed E-state index contributed by atoms with van der Waals surface area (Å²) in [6.07, 6.45) is 7.95. The van der Waals surface area contributed by atoms with E-state index in [9.17, 15) is 4.79 Å². The Morgan fingerprint density at radius 2 is 1.71 bits per heavy atom. The molecule has 208 valence electrons. The summed E-state index contributed by atoms with van der Waals surface area (Å²) in [5, 5.41) is 14.0. The maximum Gasteiger partial charge on any atom is 0.253 e. The highest BCUT2D eigenvalue weighted by atomic mass is 16.6. The van der Waals surface area contributed by atoms with Crippen molar-refractivity contribution in [2.75, 3.05) is 13.2 Å². The first kappa shape index (κ1) is 25.4. The van der Waals surface area contributed by atoms with Gasteiger partial charge in [-0.1, -0.05) is 49.2 Å². The van der Waals surface area contributed by atoms with Gasteiger partial charge in [0.1, 0.15) is 19.3 Å². The zero-order valence-corrected chi connectivity index (χ0v) is 22.6. The molecule has 1 unspecified atom stereocenters. The highest BCUT2D eigenvalue weighted by Gasteiger charge is 2.33. The summed E-state index contributed by atoms with van der Waals surface area (Å²) >= 11 is 0. The van der Waals surface area contributed by atoms with Gasteiger partial charge in [-0.3, -0.25) is 14.7 Å². The molecule has 1 fully saturated rings. The van der Waals surface area contributed by atoms with E-state index in [2.05, 4.69) is 48.6 Å². The van der Waals surface area contributed by atoms with Crippen LogP contribution in [0.4, 0.5) is 0 Å². The van der Waals surface area contributed by atoms with Gasteiger partial charge in [0.2, 0.25) is 0 Å². The van der Waals surface area contributed by atoms with Crippen LogP contribution in [0.25, 0.3) is 10.9 Å². The summed E-state index contributed by atoms with van der Waals surface area (Å²) < 4.78 is 13.6. The predicted octanol–water partition coefficient (Wildman–Crippen LogP) is 4.59. The van der Waals surface area contributed by atoms with Crippen LogP contribution in [-0.2, 0) is 13.1 Å². The Hall–Kier alpha value is -4.57. The number of pyridine rings is 2. The van der Waals surface area contributed by atoms with Gasteiger partial charge >= 0.3 is 0 Å². The second kappa shape index (κ2) is 11.1. The molecule has 1 atom stereocenters. The quantitative estimate of drug-likeness (QED) is 0.299. The summed E-state index contributed by atoms with van der Waals surface area (Å²) in [4.78, 5) is 23.7. The van der Waals surface area contributed by atoms with Gasteiger partial charge in [-0.05, 0) is 52.6 Å². The first-order chi connectivity index (χ1) is 20.2. The van der Waals surface area contributed by atoms with Crippen LogP contribution in [0.5, 0.6) is 11.5 Å². The number of ether oxygens (including phenoxy) is 2. The van der Waals surface area contributed by atoms with Crippen LogP contribution in [0, 0.1) is 0 Å². The van der Waals surface area contributed by atoms with Gasteiger partial charge < -0.3 is 14.5 Å². The van der Waals surface area contributed by atoms with Crippen LogP contribution in [-0.4, -0.2) is 48.3 Å². The molecule has 7 rings (SSSR count). The fourth-order valence-electron chi connectivity index (χ4n) is 6.03. The number of fused-ring (bicyclic) bond motifs is 2. The summed E-state index contributed by atoms with van der Waals surface area (Å²) in [5.74, 6) is 1.97. The topological polar surface area (TPSA) is 111 Å². The van der Waals surface area contributed by atoms with Crippen molar-refractivity contribution in [1.29, 1.82) is 0 Å².